The Bertz CT molecular complexity index is 678. The van der Waals surface area contributed by atoms with E-state index in [4.69, 9.17) is 4.74 Å². The maximum Gasteiger partial charge on any atom is 0.354 e. The number of carboxylic acids is 1. The summed E-state index contributed by atoms with van der Waals surface area (Å²) in [5.41, 5.74) is -0.157. The lowest BCUT2D eigenvalue weighted by atomic mass is 10.0. The van der Waals surface area contributed by atoms with Gasteiger partial charge in [0.15, 0.2) is 5.69 Å². The topological polar surface area (TPSA) is 71.5 Å². The lowest BCUT2D eigenvalue weighted by Crippen LogP contribution is -2.32. The number of anilines is 1. The Morgan fingerprint density at radius 3 is 3.00 bits per heavy atom. The average molecular weight is 286 g/mol. The van der Waals surface area contributed by atoms with Crippen LogP contribution in [0.1, 0.15) is 30.3 Å². The third-order valence-electron chi connectivity index (χ3n) is 3.89. The zero-order chi connectivity index (χ0) is 14.9. The number of benzene rings is 1. The molecule has 1 fully saturated rings. The number of ether oxygens (including phenoxy) is 1. The summed E-state index contributed by atoms with van der Waals surface area (Å²) in [7, 11) is 0. The lowest BCUT2D eigenvalue weighted by molar-refractivity contribution is 0.0315. The molecule has 5 nitrogen and oxygen atoms in total. The van der Waals surface area contributed by atoms with Crippen LogP contribution in [0.5, 0.6) is 0 Å². The van der Waals surface area contributed by atoms with E-state index in [1.54, 1.807) is 6.07 Å². The van der Waals surface area contributed by atoms with Crippen LogP contribution in [0.25, 0.3) is 10.8 Å². The predicted molar refractivity (Wildman–Crippen MR) is 80.8 cm³/mol. The van der Waals surface area contributed by atoms with Crippen LogP contribution in [0.3, 0.4) is 0 Å². The van der Waals surface area contributed by atoms with Gasteiger partial charge in [0.2, 0.25) is 0 Å². The Kier molecular flexibility index (Phi) is 3.51. The number of carboxylic acid groups (broad SMARTS) is 1. The molecule has 1 saturated heterocycles. The summed E-state index contributed by atoms with van der Waals surface area (Å²) in [6, 6.07) is 9.23. The molecule has 3 rings (SSSR count). The molecule has 110 valence electrons. The summed E-state index contributed by atoms with van der Waals surface area (Å²) in [6.07, 6.45) is 2.05. The molecule has 1 aliphatic heterocycles. The summed E-state index contributed by atoms with van der Waals surface area (Å²) in [5.74, 6) is -0.422. The molecule has 1 aromatic heterocycles. The van der Waals surface area contributed by atoms with E-state index < -0.39 is 5.97 Å². The molecule has 1 aromatic carbocycles. The minimum atomic E-state index is -1.02. The number of nitrogens with one attached hydrogen (secondary N) is 1. The number of carbonyl (C=O) groups is 1. The molecule has 1 unspecified atom stereocenters. The summed E-state index contributed by atoms with van der Waals surface area (Å²) in [5, 5.41) is 14.2. The third-order valence-corrected chi connectivity index (χ3v) is 3.89. The van der Waals surface area contributed by atoms with Gasteiger partial charge in [-0.3, -0.25) is 0 Å². The summed E-state index contributed by atoms with van der Waals surface area (Å²) in [4.78, 5) is 15.4. The van der Waals surface area contributed by atoms with E-state index in [1.807, 2.05) is 24.3 Å². The van der Waals surface area contributed by atoms with Gasteiger partial charge in [-0.1, -0.05) is 24.3 Å². The second-order valence-corrected chi connectivity index (χ2v) is 5.64. The van der Waals surface area contributed by atoms with Crippen LogP contribution in [0.4, 0.5) is 5.82 Å². The molecule has 5 heteroatoms. The molecule has 0 aliphatic carbocycles. The first-order valence-electron chi connectivity index (χ1n) is 7.08. The zero-order valence-electron chi connectivity index (χ0n) is 11.9. The lowest BCUT2D eigenvalue weighted by Gasteiger charge is -2.24. The summed E-state index contributed by atoms with van der Waals surface area (Å²) in [6.45, 7) is 3.46. The minimum absolute atomic E-state index is 0.0497. The molecule has 2 N–H and O–H groups in total. The normalized spacial score (nSPS) is 21.6. The van der Waals surface area contributed by atoms with Gasteiger partial charge in [-0.05, 0) is 31.2 Å². The number of pyridine rings is 1. The number of nitrogens with zero attached hydrogens (tertiary/aromatic N) is 1. The smallest absolute Gasteiger partial charge is 0.354 e. The Labute approximate surface area is 123 Å². The van der Waals surface area contributed by atoms with Crippen LogP contribution in [0, 0.1) is 0 Å². The Hall–Kier alpha value is -2.14. The van der Waals surface area contributed by atoms with E-state index in [0.717, 1.165) is 30.2 Å². The molecule has 0 amide bonds. The van der Waals surface area contributed by atoms with Crippen molar-refractivity contribution in [2.24, 2.45) is 0 Å². The largest absolute Gasteiger partial charge is 0.477 e. The van der Waals surface area contributed by atoms with E-state index in [9.17, 15) is 9.90 Å². The first kappa shape index (κ1) is 13.8. The molecule has 2 aromatic rings. The van der Waals surface area contributed by atoms with Crippen LogP contribution >= 0.6 is 0 Å². The first-order chi connectivity index (χ1) is 10.1. The van der Waals surface area contributed by atoms with Crippen molar-refractivity contribution < 1.29 is 14.6 Å². The summed E-state index contributed by atoms with van der Waals surface area (Å²) < 4.78 is 5.75. The SMILES string of the molecule is CC1(CNc2nc(C(=O)O)cc3ccccc23)CCCO1. The highest BCUT2D eigenvalue weighted by Gasteiger charge is 2.29. The molecule has 1 aliphatic rings. The molecule has 0 saturated carbocycles. The average Bonchev–Trinajstić information content (AvgIpc) is 2.91. The van der Waals surface area contributed by atoms with Crippen molar-refractivity contribution in [3.63, 3.8) is 0 Å². The van der Waals surface area contributed by atoms with Crippen molar-refractivity contribution in [1.82, 2.24) is 4.98 Å². The highest BCUT2D eigenvalue weighted by Crippen LogP contribution is 2.27. The minimum Gasteiger partial charge on any atom is -0.477 e. The van der Waals surface area contributed by atoms with Crippen molar-refractivity contribution in [2.45, 2.75) is 25.4 Å². The monoisotopic (exact) mass is 286 g/mol. The molecular weight excluding hydrogens is 268 g/mol. The van der Waals surface area contributed by atoms with Gasteiger partial charge in [-0.2, -0.15) is 0 Å². The Morgan fingerprint density at radius 2 is 2.29 bits per heavy atom. The standard InChI is InChI=1S/C16H18N2O3/c1-16(7-4-8-21-16)10-17-14-12-6-3-2-5-11(12)9-13(18-14)15(19)20/h2-3,5-6,9H,4,7-8,10H2,1H3,(H,17,18)(H,19,20). The fraction of sp³-hybridized carbons (Fsp3) is 0.375. The van der Waals surface area contributed by atoms with Gasteiger partial charge in [0.1, 0.15) is 5.82 Å². The second-order valence-electron chi connectivity index (χ2n) is 5.64. The van der Waals surface area contributed by atoms with E-state index in [1.165, 1.54) is 0 Å². The van der Waals surface area contributed by atoms with E-state index in [-0.39, 0.29) is 11.3 Å². The van der Waals surface area contributed by atoms with Gasteiger partial charge < -0.3 is 15.2 Å². The highest BCUT2D eigenvalue weighted by molar-refractivity contribution is 5.97. The predicted octanol–water partition coefficient (Wildman–Crippen LogP) is 2.91. The van der Waals surface area contributed by atoms with Crippen LogP contribution in [-0.2, 0) is 4.74 Å². The third kappa shape index (κ3) is 2.83. The fourth-order valence-electron chi connectivity index (χ4n) is 2.69. The molecule has 1 atom stereocenters. The highest BCUT2D eigenvalue weighted by atomic mass is 16.5. The van der Waals surface area contributed by atoms with Gasteiger partial charge in [-0.15, -0.1) is 0 Å². The van der Waals surface area contributed by atoms with Crippen LogP contribution in [0.2, 0.25) is 0 Å². The van der Waals surface area contributed by atoms with E-state index in [2.05, 4.69) is 17.2 Å². The zero-order valence-corrected chi connectivity index (χ0v) is 11.9. The maximum absolute atomic E-state index is 11.2. The van der Waals surface area contributed by atoms with Crippen molar-refractivity contribution in [3.05, 3.63) is 36.0 Å². The van der Waals surface area contributed by atoms with Crippen molar-refractivity contribution in [1.29, 1.82) is 0 Å². The second kappa shape index (κ2) is 5.33. The molecule has 0 bridgehead atoms. The van der Waals surface area contributed by atoms with Crippen molar-refractivity contribution in [2.75, 3.05) is 18.5 Å². The van der Waals surface area contributed by atoms with Crippen LogP contribution in [-0.4, -0.2) is 34.8 Å². The van der Waals surface area contributed by atoms with Gasteiger partial charge in [0.25, 0.3) is 0 Å². The quantitative estimate of drug-likeness (QED) is 0.904. The van der Waals surface area contributed by atoms with Gasteiger partial charge in [0.05, 0.1) is 5.60 Å². The van der Waals surface area contributed by atoms with E-state index in [0.29, 0.717) is 12.4 Å². The first-order valence-corrected chi connectivity index (χ1v) is 7.08. The molecule has 2 heterocycles. The number of fused-ring (bicyclic) bond motifs is 1. The number of aromatic nitrogens is 1. The molecular formula is C16H18N2O3. The maximum atomic E-state index is 11.2. The number of hydrogen-bond donors (Lipinski definition) is 2. The number of hydrogen-bond acceptors (Lipinski definition) is 4. The molecule has 0 radical (unpaired) electrons. The van der Waals surface area contributed by atoms with E-state index >= 15 is 0 Å². The van der Waals surface area contributed by atoms with Crippen molar-refractivity contribution in [3.8, 4) is 0 Å². The van der Waals surface area contributed by atoms with Crippen LogP contribution < -0.4 is 5.32 Å². The Morgan fingerprint density at radius 1 is 1.48 bits per heavy atom. The van der Waals surface area contributed by atoms with Gasteiger partial charge in [-0.25, -0.2) is 9.78 Å². The van der Waals surface area contributed by atoms with Gasteiger partial charge >= 0.3 is 5.97 Å². The molecule has 21 heavy (non-hydrogen) atoms. The van der Waals surface area contributed by atoms with Crippen LogP contribution in [0.15, 0.2) is 30.3 Å². The summed E-state index contributed by atoms with van der Waals surface area (Å²) >= 11 is 0. The Balaban J connectivity index is 1.94. The molecule has 0 spiro atoms. The fourth-order valence-corrected chi connectivity index (χ4v) is 2.69. The van der Waals surface area contributed by atoms with Gasteiger partial charge in [0, 0.05) is 18.5 Å². The number of aromatic carboxylic acids is 1. The van der Waals surface area contributed by atoms with Crippen molar-refractivity contribution >= 4 is 22.6 Å². The number of rotatable bonds is 4.